The van der Waals surface area contributed by atoms with Gasteiger partial charge in [0.15, 0.2) is 0 Å². The Balaban J connectivity index is 0.00000200. The predicted octanol–water partition coefficient (Wildman–Crippen LogP) is 2.36. The van der Waals surface area contributed by atoms with Crippen molar-refractivity contribution in [1.29, 1.82) is 0 Å². The molecule has 1 aromatic carbocycles. The van der Waals surface area contributed by atoms with Crippen LogP contribution in [0.25, 0.3) is 0 Å². The molecule has 0 aromatic heterocycles. The third-order valence-electron chi connectivity index (χ3n) is 3.71. The molecule has 0 saturated heterocycles. The van der Waals surface area contributed by atoms with E-state index in [2.05, 4.69) is 5.32 Å². The fourth-order valence-electron chi connectivity index (χ4n) is 2.63. The van der Waals surface area contributed by atoms with Gasteiger partial charge in [-0.15, -0.1) is 12.4 Å². The van der Waals surface area contributed by atoms with Gasteiger partial charge < -0.3 is 15.8 Å². The number of rotatable bonds is 5. The molecule has 1 saturated carbocycles. The number of hydrogen-bond acceptors (Lipinski definition) is 3. The molecule has 3 N–H and O–H groups in total. The summed E-state index contributed by atoms with van der Waals surface area (Å²) in [6, 6.07) is 7.48. The first-order chi connectivity index (χ1) is 9.24. The lowest BCUT2D eigenvalue weighted by atomic mass is 10.0. The Morgan fingerprint density at radius 1 is 1.35 bits per heavy atom. The molecule has 1 fully saturated rings. The second-order valence-corrected chi connectivity index (χ2v) is 4.96. The summed E-state index contributed by atoms with van der Waals surface area (Å²) in [5, 5.41) is 3.09. The van der Waals surface area contributed by atoms with E-state index >= 15 is 0 Å². The van der Waals surface area contributed by atoms with Crippen LogP contribution in [-0.2, 0) is 0 Å². The Hall–Kier alpha value is -1.26. The smallest absolute Gasteiger partial charge is 0.251 e. The average Bonchev–Trinajstić information content (AvgIpc) is 2.87. The highest BCUT2D eigenvalue weighted by molar-refractivity contribution is 5.94. The summed E-state index contributed by atoms with van der Waals surface area (Å²) in [5.41, 5.74) is 6.40. The lowest BCUT2D eigenvalue weighted by Gasteiger charge is -2.19. The number of hydrogen-bond donors (Lipinski definition) is 2. The van der Waals surface area contributed by atoms with Gasteiger partial charge in [0.25, 0.3) is 5.91 Å². The molecule has 0 bridgehead atoms. The normalized spacial score (nSPS) is 21.1. The first kappa shape index (κ1) is 16.8. The maximum atomic E-state index is 12.1. The van der Waals surface area contributed by atoms with Gasteiger partial charge in [0, 0.05) is 11.6 Å². The fourth-order valence-corrected chi connectivity index (χ4v) is 2.63. The summed E-state index contributed by atoms with van der Waals surface area (Å²) < 4.78 is 5.36. The van der Waals surface area contributed by atoms with Gasteiger partial charge in [-0.3, -0.25) is 4.79 Å². The van der Waals surface area contributed by atoms with Crippen LogP contribution in [0.4, 0.5) is 0 Å². The van der Waals surface area contributed by atoms with Gasteiger partial charge in [-0.05, 0) is 56.5 Å². The SMILES string of the molecule is CCOc1ccc(C(=O)NC2CCCC2CN)cc1.Cl. The Morgan fingerprint density at radius 2 is 2.05 bits per heavy atom. The molecule has 0 spiro atoms. The van der Waals surface area contributed by atoms with E-state index in [4.69, 9.17) is 10.5 Å². The minimum atomic E-state index is -0.0200. The standard InChI is InChI=1S/C15H22N2O2.ClH/c1-2-19-13-8-6-11(7-9-13)15(18)17-14-5-3-4-12(14)10-16;/h6-9,12,14H,2-5,10,16H2,1H3,(H,17,18);1H. The molecule has 2 rings (SSSR count). The Bertz CT molecular complexity index is 422. The summed E-state index contributed by atoms with van der Waals surface area (Å²) >= 11 is 0. The number of amides is 1. The number of nitrogens with one attached hydrogen (secondary N) is 1. The largest absolute Gasteiger partial charge is 0.494 e. The molecule has 1 aliphatic carbocycles. The Morgan fingerprint density at radius 3 is 2.65 bits per heavy atom. The predicted molar refractivity (Wildman–Crippen MR) is 82.5 cm³/mol. The van der Waals surface area contributed by atoms with Crippen LogP contribution in [0.15, 0.2) is 24.3 Å². The number of benzene rings is 1. The topological polar surface area (TPSA) is 64.3 Å². The van der Waals surface area contributed by atoms with Crippen molar-refractivity contribution in [2.45, 2.75) is 32.2 Å². The van der Waals surface area contributed by atoms with Crippen molar-refractivity contribution in [1.82, 2.24) is 5.32 Å². The van der Waals surface area contributed by atoms with Gasteiger partial charge >= 0.3 is 0 Å². The third kappa shape index (κ3) is 4.12. The van der Waals surface area contributed by atoms with Gasteiger partial charge in [0.1, 0.15) is 5.75 Å². The third-order valence-corrected chi connectivity index (χ3v) is 3.71. The molecule has 4 nitrogen and oxygen atoms in total. The van der Waals surface area contributed by atoms with E-state index in [1.807, 2.05) is 19.1 Å². The lowest BCUT2D eigenvalue weighted by Crippen LogP contribution is -2.39. The minimum absolute atomic E-state index is 0. The monoisotopic (exact) mass is 298 g/mol. The summed E-state index contributed by atoms with van der Waals surface area (Å²) in [7, 11) is 0. The molecule has 2 atom stereocenters. The second-order valence-electron chi connectivity index (χ2n) is 4.96. The summed E-state index contributed by atoms with van der Waals surface area (Å²) in [4.78, 5) is 12.1. The van der Waals surface area contributed by atoms with Crippen molar-refractivity contribution in [2.24, 2.45) is 11.7 Å². The molecule has 112 valence electrons. The number of carbonyl (C=O) groups excluding carboxylic acids is 1. The minimum Gasteiger partial charge on any atom is -0.494 e. The van der Waals surface area contributed by atoms with Gasteiger partial charge in [-0.2, -0.15) is 0 Å². The lowest BCUT2D eigenvalue weighted by molar-refractivity contribution is 0.0929. The zero-order chi connectivity index (χ0) is 13.7. The molecule has 0 heterocycles. The molecule has 1 amide bonds. The summed E-state index contributed by atoms with van der Waals surface area (Å²) in [5.74, 6) is 1.19. The van der Waals surface area contributed by atoms with E-state index in [0.29, 0.717) is 24.6 Å². The van der Waals surface area contributed by atoms with Crippen LogP contribution in [0.2, 0.25) is 0 Å². The fraction of sp³-hybridized carbons (Fsp3) is 0.533. The van der Waals surface area contributed by atoms with E-state index in [1.165, 1.54) is 0 Å². The number of carbonyl (C=O) groups is 1. The van der Waals surface area contributed by atoms with Crippen molar-refractivity contribution in [2.75, 3.05) is 13.2 Å². The first-order valence-electron chi connectivity index (χ1n) is 6.98. The van der Waals surface area contributed by atoms with Gasteiger partial charge in [-0.25, -0.2) is 0 Å². The number of nitrogens with two attached hydrogens (primary N) is 1. The van der Waals surface area contributed by atoms with E-state index in [-0.39, 0.29) is 24.4 Å². The van der Waals surface area contributed by atoms with Crippen molar-refractivity contribution >= 4 is 18.3 Å². The van der Waals surface area contributed by atoms with E-state index in [0.717, 1.165) is 25.0 Å². The molecular formula is C15H23ClN2O2. The quantitative estimate of drug-likeness (QED) is 0.877. The van der Waals surface area contributed by atoms with E-state index < -0.39 is 0 Å². The van der Waals surface area contributed by atoms with Crippen molar-refractivity contribution in [3.63, 3.8) is 0 Å². The Labute approximate surface area is 126 Å². The highest BCUT2D eigenvalue weighted by Crippen LogP contribution is 2.25. The first-order valence-corrected chi connectivity index (χ1v) is 6.98. The molecule has 5 heteroatoms. The van der Waals surface area contributed by atoms with E-state index in [9.17, 15) is 4.79 Å². The van der Waals surface area contributed by atoms with Crippen LogP contribution in [0.1, 0.15) is 36.5 Å². The zero-order valence-electron chi connectivity index (χ0n) is 11.8. The second kappa shape index (κ2) is 8.12. The van der Waals surface area contributed by atoms with Crippen LogP contribution in [-0.4, -0.2) is 25.1 Å². The Kier molecular flexibility index (Phi) is 6.82. The van der Waals surface area contributed by atoms with Crippen LogP contribution < -0.4 is 15.8 Å². The molecular weight excluding hydrogens is 276 g/mol. The van der Waals surface area contributed by atoms with E-state index in [1.54, 1.807) is 12.1 Å². The molecule has 2 unspecified atom stereocenters. The zero-order valence-corrected chi connectivity index (χ0v) is 12.6. The summed E-state index contributed by atoms with van der Waals surface area (Å²) in [6.45, 7) is 3.22. The highest BCUT2D eigenvalue weighted by atomic mass is 35.5. The molecule has 1 aliphatic rings. The number of ether oxygens (including phenoxy) is 1. The van der Waals surface area contributed by atoms with Crippen molar-refractivity contribution in [3.8, 4) is 5.75 Å². The van der Waals surface area contributed by atoms with Gasteiger partial charge in [0.2, 0.25) is 0 Å². The molecule has 20 heavy (non-hydrogen) atoms. The average molecular weight is 299 g/mol. The molecule has 1 aromatic rings. The van der Waals surface area contributed by atoms with Crippen LogP contribution in [0.3, 0.4) is 0 Å². The molecule has 0 radical (unpaired) electrons. The maximum absolute atomic E-state index is 12.1. The number of halogens is 1. The maximum Gasteiger partial charge on any atom is 0.251 e. The molecule has 0 aliphatic heterocycles. The summed E-state index contributed by atoms with van der Waals surface area (Å²) in [6.07, 6.45) is 3.30. The van der Waals surface area contributed by atoms with Gasteiger partial charge in [-0.1, -0.05) is 6.42 Å². The highest BCUT2D eigenvalue weighted by Gasteiger charge is 2.27. The van der Waals surface area contributed by atoms with Gasteiger partial charge in [0.05, 0.1) is 6.61 Å². The van der Waals surface area contributed by atoms with Crippen LogP contribution in [0.5, 0.6) is 5.75 Å². The van der Waals surface area contributed by atoms with Crippen LogP contribution >= 0.6 is 12.4 Å². The van der Waals surface area contributed by atoms with Crippen molar-refractivity contribution < 1.29 is 9.53 Å². The van der Waals surface area contributed by atoms with Crippen molar-refractivity contribution in [3.05, 3.63) is 29.8 Å². The van der Waals surface area contributed by atoms with Crippen LogP contribution in [0, 0.1) is 5.92 Å².